The lowest BCUT2D eigenvalue weighted by atomic mass is 10.1. The SMILES string of the molecule is CCCCNC(=O)[C@H](C)N(CCc1ccccc1)C(=O)CN(c1cc(C)ccc1OC)S(=O)(=O)c1ccccc1. The summed E-state index contributed by atoms with van der Waals surface area (Å²) in [6, 6.07) is 22.0. The summed E-state index contributed by atoms with van der Waals surface area (Å²) in [6.45, 7) is 5.80. The molecule has 40 heavy (non-hydrogen) atoms. The smallest absolute Gasteiger partial charge is 0.264 e. The molecule has 0 bridgehead atoms. The molecule has 0 heterocycles. The highest BCUT2D eigenvalue weighted by atomic mass is 32.2. The molecule has 0 aliphatic rings. The molecule has 8 nitrogen and oxygen atoms in total. The first-order chi connectivity index (χ1) is 19.2. The highest BCUT2D eigenvalue weighted by Gasteiger charge is 2.33. The number of hydrogen-bond donors (Lipinski definition) is 1. The van der Waals surface area contributed by atoms with Crippen molar-refractivity contribution in [1.82, 2.24) is 10.2 Å². The number of nitrogens with zero attached hydrogens (tertiary/aromatic N) is 2. The Kier molecular flexibility index (Phi) is 11.1. The van der Waals surface area contributed by atoms with Crippen molar-refractivity contribution in [3.63, 3.8) is 0 Å². The second kappa shape index (κ2) is 14.5. The van der Waals surface area contributed by atoms with Gasteiger partial charge in [0.15, 0.2) is 0 Å². The Hall–Kier alpha value is -3.85. The van der Waals surface area contributed by atoms with Gasteiger partial charge in [0.05, 0.1) is 17.7 Å². The molecule has 1 atom stereocenters. The molecule has 0 saturated carbocycles. The van der Waals surface area contributed by atoms with Gasteiger partial charge in [-0.1, -0.05) is 67.9 Å². The zero-order valence-electron chi connectivity index (χ0n) is 23.7. The zero-order chi connectivity index (χ0) is 29.1. The summed E-state index contributed by atoms with van der Waals surface area (Å²) in [5.74, 6) is -0.447. The fourth-order valence-electron chi connectivity index (χ4n) is 4.33. The molecular formula is C31H39N3O5S. The fraction of sp³-hybridized carbons (Fsp3) is 0.355. The maximum atomic E-state index is 14.0. The molecule has 0 saturated heterocycles. The maximum absolute atomic E-state index is 14.0. The third-order valence-electron chi connectivity index (χ3n) is 6.69. The minimum absolute atomic E-state index is 0.0487. The molecule has 0 radical (unpaired) electrons. The molecule has 0 aliphatic carbocycles. The van der Waals surface area contributed by atoms with Crippen molar-refractivity contribution < 1.29 is 22.7 Å². The number of carbonyl (C=O) groups excluding carboxylic acids is 2. The van der Waals surface area contributed by atoms with Gasteiger partial charge in [-0.15, -0.1) is 0 Å². The van der Waals surface area contributed by atoms with Gasteiger partial charge in [-0.25, -0.2) is 8.42 Å². The Labute approximate surface area is 238 Å². The molecule has 0 fully saturated rings. The van der Waals surface area contributed by atoms with E-state index in [2.05, 4.69) is 5.32 Å². The molecule has 3 aromatic rings. The molecule has 0 aromatic heterocycles. The average Bonchev–Trinajstić information content (AvgIpc) is 2.96. The topological polar surface area (TPSA) is 96.0 Å². The number of aryl methyl sites for hydroxylation is 1. The van der Waals surface area contributed by atoms with Crippen LogP contribution >= 0.6 is 0 Å². The lowest BCUT2D eigenvalue weighted by molar-refractivity contribution is -0.138. The van der Waals surface area contributed by atoms with Gasteiger partial charge in [0.2, 0.25) is 11.8 Å². The van der Waals surface area contributed by atoms with Crippen LogP contribution in [0.15, 0.2) is 83.8 Å². The van der Waals surface area contributed by atoms with Crippen molar-refractivity contribution >= 4 is 27.5 Å². The molecular weight excluding hydrogens is 526 g/mol. The Bertz CT molecular complexity index is 1360. The normalized spacial score (nSPS) is 11.9. The summed E-state index contributed by atoms with van der Waals surface area (Å²) >= 11 is 0. The van der Waals surface area contributed by atoms with Crippen molar-refractivity contribution in [2.24, 2.45) is 0 Å². The summed E-state index contributed by atoms with van der Waals surface area (Å²) < 4.78 is 34.5. The number of hydrogen-bond acceptors (Lipinski definition) is 5. The summed E-state index contributed by atoms with van der Waals surface area (Å²) in [6.07, 6.45) is 2.26. The molecule has 214 valence electrons. The van der Waals surface area contributed by atoms with Gasteiger partial charge in [-0.3, -0.25) is 13.9 Å². The number of carbonyl (C=O) groups is 2. The van der Waals surface area contributed by atoms with Gasteiger partial charge in [0.1, 0.15) is 18.3 Å². The molecule has 1 N–H and O–H groups in total. The van der Waals surface area contributed by atoms with Gasteiger partial charge >= 0.3 is 0 Å². The number of ether oxygens (including phenoxy) is 1. The number of rotatable bonds is 14. The van der Waals surface area contributed by atoms with Crippen LogP contribution in [0.25, 0.3) is 0 Å². The number of sulfonamides is 1. The first kappa shape index (κ1) is 30.7. The largest absolute Gasteiger partial charge is 0.495 e. The monoisotopic (exact) mass is 565 g/mol. The minimum Gasteiger partial charge on any atom is -0.495 e. The number of anilines is 1. The van der Waals surface area contributed by atoms with Gasteiger partial charge in [-0.2, -0.15) is 0 Å². The van der Waals surface area contributed by atoms with E-state index in [1.807, 2.05) is 50.2 Å². The third kappa shape index (κ3) is 7.85. The van der Waals surface area contributed by atoms with Crippen LogP contribution in [-0.4, -0.2) is 57.9 Å². The molecule has 0 unspecified atom stereocenters. The Morgan fingerprint density at radius 2 is 1.62 bits per heavy atom. The van der Waals surface area contributed by atoms with E-state index in [-0.39, 0.29) is 23.0 Å². The van der Waals surface area contributed by atoms with Crippen LogP contribution in [0, 0.1) is 6.92 Å². The van der Waals surface area contributed by atoms with Crippen LogP contribution < -0.4 is 14.4 Å². The van der Waals surface area contributed by atoms with Crippen LogP contribution in [0.2, 0.25) is 0 Å². The molecule has 3 aromatic carbocycles. The quantitative estimate of drug-likeness (QED) is 0.289. The van der Waals surface area contributed by atoms with Crippen LogP contribution in [0.4, 0.5) is 5.69 Å². The van der Waals surface area contributed by atoms with Gasteiger partial charge in [0, 0.05) is 13.1 Å². The zero-order valence-corrected chi connectivity index (χ0v) is 24.5. The number of unbranched alkanes of at least 4 members (excludes halogenated alkanes) is 1. The first-order valence-electron chi connectivity index (χ1n) is 13.5. The van der Waals surface area contributed by atoms with E-state index in [4.69, 9.17) is 4.74 Å². The molecule has 0 aliphatic heterocycles. The summed E-state index contributed by atoms with van der Waals surface area (Å²) in [7, 11) is -2.70. The number of amides is 2. The standard InChI is InChI=1S/C31H39N3O5S/c1-5-6-20-32-31(36)25(3)33(21-19-26-13-9-7-10-14-26)30(35)23-34(28-22-24(2)17-18-29(28)39-4)40(37,38)27-15-11-8-12-16-27/h7-18,22,25H,5-6,19-21,23H2,1-4H3,(H,32,36)/t25-/m0/s1. The predicted molar refractivity (Wildman–Crippen MR) is 158 cm³/mol. The van der Waals surface area contributed by atoms with Crippen molar-refractivity contribution in [2.75, 3.05) is 31.0 Å². The van der Waals surface area contributed by atoms with Crippen molar-refractivity contribution in [3.8, 4) is 5.75 Å². The summed E-state index contributed by atoms with van der Waals surface area (Å²) in [4.78, 5) is 28.5. The number of methoxy groups -OCH3 is 1. The Morgan fingerprint density at radius 3 is 2.25 bits per heavy atom. The Morgan fingerprint density at radius 1 is 0.975 bits per heavy atom. The predicted octanol–water partition coefficient (Wildman–Crippen LogP) is 4.58. The van der Waals surface area contributed by atoms with Crippen LogP contribution in [0.3, 0.4) is 0 Å². The highest BCUT2D eigenvalue weighted by Crippen LogP contribution is 2.33. The second-order valence-electron chi connectivity index (χ2n) is 9.64. The summed E-state index contributed by atoms with van der Waals surface area (Å²) in [5.41, 5.74) is 2.07. The first-order valence-corrected chi connectivity index (χ1v) is 15.0. The second-order valence-corrected chi connectivity index (χ2v) is 11.5. The maximum Gasteiger partial charge on any atom is 0.264 e. The van der Waals surface area contributed by atoms with E-state index >= 15 is 0 Å². The van der Waals surface area contributed by atoms with Crippen molar-refractivity contribution in [1.29, 1.82) is 0 Å². The van der Waals surface area contributed by atoms with Crippen LogP contribution in [0.1, 0.15) is 37.8 Å². The van der Waals surface area contributed by atoms with Crippen molar-refractivity contribution in [3.05, 3.63) is 90.0 Å². The van der Waals surface area contributed by atoms with Crippen molar-refractivity contribution in [2.45, 2.75) is 51.0 Å². The van der Waals surface area contributed by atoms with Crippen LogP contribution in [0.5, 0.6) is 5.75 Å². The lowest BCUT2D eigenvalue weighted by Gasteiger charge is -2.32. The fourth-order valence-corrected chi connectivity index (χ4v) is 5.77. The average molecular weight is 566 g/mol. The Balaban J connectivity index is 2.00. The molecule has 2 amide bonds. The lowest BCUT2D eigenvalue weighted by Crippen LogP contribution is -2.52. The van der Waals surface area contributed by atoms with Gasteiger partial charge in [-0.05, 0) is 62.1 Å². The van der Waals surface area contributed by atoms with E-state index < -0.39 is 28.5 Å². The van der Waals surface area contributed by atoms with Gasteiger partial charge < -0.3 is 15.0 Å². The number of nitrogens with one attached hydrogen (secondary N) is 1. The third-order valence-corrected chi connectivity index (χ3v) is 8.47. The number of benzene rings is 3. The highest BCUT2D eigenvalue weighted by molar-refractivity contribution is 7.92. The minimum atomic E-state index is -4.16. The van der Waals surface area contributed by atoms with E-state index in [1.165, 1.54) is 24.1 Å². The summed E-state index contributed by atoms with van der Waals surface area (Å²) in [5, 5.41) is 2.90. The molecule has 9 heteroatoms. The van der Waals surface area contributed by atoms with E-state index in [1.54, 1.807) is 37.3 Å². The van der Waals surface area contributed by atoms with Crippen LogP contribution in [-0.2, 0) is 26.0 Å². The molecule has 3 rings (SSSR count). The van der Waals surface area contributed by atoms with E-state index in [9.17, 15) is 18.0 Å². The van der Waals surface area contributed by atoms with E-state index in [0.29, 0.717) is 18.7 Å². The van der Waals surface area contributed by atoms with Gasteiger partial charge in [0.25, 0.3) is 10.0 Å². The van der Waals surface area contributed by atoms with E-state index in [0.717, 1.165) is 28.3 Å². The molecule has 0 spiro atoms.